The van der Waals surface area contributed by atoms with E-state index in [2.05, 4.69) is 24.0 Å². The molecule has 0 N–H and O–H groups in total. The van der Waals surface area contributed by atoms with Crippen molar-refractivity contribution in [2.24, 2.45) is 0 Å². The number of hydrogen-bond acceptors (Lipinski definition) is 3. The van der Waals surface area contributed by atoms with E-state index in [0.717, 1.165) is 21.7 Å². The second kappa shape index (κ2) is 5.17. The van der Waals surface area contributed by atoms with E-state index in [1.807, 2.05) is 24.3 Å². The lowest BCUT2D eigenvalue weighted by Crippen LogP contribution is -1.88. The van der Waals surface area contributed by atoms with Crippen molar-refractivity contribution in [1.82, 2.24) is 4.98 Å². The summed E-state index contributed by atoms with van der Waals surface area (Å²) in [6.07, 6.45) is 1.26. The second-order valence-electron chi connectivity index (χ2n) is 6.18. The van der Waals surface area contributed by atoms with E-state index in [4.69, 9.17) is 11.3 Å². The highest BCUT2D eigenvalue weighted by molar-refractivity contribution is 7.19. The average Bonchev–Trinajstić information content (AvgIpc) is 3.22. The van der Waals surface area contributed by atoms with Gasteiger partial charge in [-0.2, -0.15) is 0 Å². The van der Waals surface area contributed by atoms with Crippen molar-refractivity contribution in [1.29, 1.82) is 0 Å². The fraction of sp³-hybridized carbons (Fsp3) is 0.136. The molecule has 0 aliphatic rings. The number of pyridine rings is 1. The summed E-state index contributed by atoms with van der Waals surface area (Å²) in [4.78, 5) is 5.60. The zero-order valence-electron chi connectivity index (χ0n) is 18.5. The predicted molar refractivity (Wildman–Crippen MR) is 107 cm³/mol. The van der Waals surface area contributed by atoms with Crippen molar-refractivity contribution in [2.75, 3.05) is 0 Å². The molecule has 2 nitrogen and oxygen atoms in total. The van der Waals surface area contributed by atoms with E-state index in [0.29, 0.717) is 16.8 Å². The largest absolute Gasteiger partial charge is 0.455 e. The van der Waals surface area contributed by atoms with Gasteiger partial charge in [0, 0.05) is 39.0 Å². The Morgan fingerprint density at radius 1 is 1.08 bits per heavy atom. The number of nitrogens with zero attached hydrogens (tertiary/aromatic N) is 1. The Hall–Kier alpha value is -2.65. The Morgan fingerprint density at radius 2 is 2.04 bits per heavy atom. The summed E-state index contributed by atoms with van der Waals surface area (Å²) < 4.78 is 46.0. The zero-order valence-corrected chi connectivity index (χ0v) is 14.3. The fourth-order valence-corrected chi connectivity index (χ4v) is 4.23. The predicted octanol–water partition coefficient (Wildman–Crippen LogP) is 6.79. The SMILES string of the molecule is [2H]C([2H])c1cc(-c2cccc3c2oc2cc4cc(C)sc4cc23)ncc1C([2H])([2H])[2H]. The normalized spacial score (nSPS) is 15.4. The molecule has 0 fully saturated rings. The summed E-state index contributed by atoms with van der Waals surface area (Å²) in [5, 5.41) is 3.10. The molecule has 0 radical (unpaired) electrons. The molecule has 0 aliphatic carbocycles. The topological polar surface area (TPSA) is 26.0 Å². The molecule has 0 amide bonds. The van der Waals surface area contributed by atoms with Gasteiger partial charge < -0.3 is 4.42 Å². The minimum Gasteiger partial charge on any atom is -0.455 e. The molecule has 0 aliphatic heterocycles. The molecular formula is C22H17NOS. The molecule has 0 atom stereocenters. The summed E-state index contributed by atoms with van der Waals surface area (Å²) in [7, 11) is 0. The highest BCUT2D eigenvalue weighted by Gasteiger charge is 2.14. The minimum absolute atomic E-state index is 0.0614. The molecule has 0 bridgehead atoms. The van der Waals surface area contributed by atoms with E-state index < -0.39 is 13.7 Å². The highest BCUT2D eigenvalue weighted by Crippen LogP contribution is 2.38. The quantitative estimate of drug-likeness (QED) is 0.333. The van der Waals surface area contributed by atoms with Gasteiger partial charge >= 0.3 is 0 Å². The molecule has 0 spiro atoms. The molecule has 3 heteroatoms. The van der Waals surface area contributed by atoms with E-state index in [-0.39, 0.29) is 11.1 Å². The molecule has 5 aromatic rings. The summed E-state index contributed by atoms with van der Waals surface area (Å²) in [5.41, 5.74) is 2.71. The van der Waals surface area contributed by atoms with Crippen molar-refractivity contribution >= 4 is 43.4 Å². The van der Waals surface area contributed by atoms with E-state index in [1.165, 1.54) is 21.8 Å². The molecule has 3 heterocycles. The zero-order chi connectivity index (χ0) is 21.2. The number of fused-ring (bicyclic) bond motifs is 4. The first-order chi connectivity index (χ1) is 14.2. The van der Waals surface area contributed by atoms with Crippen LogP contribution in [0.5, 0.6) is 0 Å². The molecule has 0 saturated heterocycles. The smallest absolute Gasteiger partial charge is 0.144 e. The summed E-state index contributed by atoms with van der Waals surface area (Å²) in [5.74, 6) is 0. The van der Waals surface area contributed by atoms with Crippen molar-refractivity contribution in [3.8, 4) is 11.3 Å². The lowest BCUT2D eigenvalue weighted by Gasteiger charge is -2.05. The number of para-hydroxylation sites is 1. The Kier molecular flexibility index (Phi) is 2.14. The van der Waals surface area contributed by atoms with Gasteiger partial charge in [0.05, 0.1) is 5.69 Å². The molecule has 2 aromatic carbocycles. The molecular weight excluding hydrogens is 326 g/mol. The van der Waals surface area contributed by atoms with Crippen LogP contribution in [-0.4, -0.2) is 4.98 Å². The van der Waals surface area contributed by atoms with Crippen molar-refractivity contribution in [2.45, 2.75) is 20.7 Å². The first kappa shape index (κ1) is 10.4. The van der Waals surface area contributed by atoms with Crippen LogP contribution in [0, 0.1) is 20.7 Å². The summed E-state index contributed by atoms with van der Waals surface area (Å²) >= 11 is 1.74. The van der Waals surface area contributed by atoms with E-state index in [9.17, 15) is 0 Å². The number of hydrogen-bond donors (Lipinski definition) is 0. The van der Waals surface area contributed by atoms with Gasteiger partial charge in [0.2, 0.25) is 0 Å². The fourth-order valence-electron chi connectivity index (χ4n) is 3.28. The molecule has 3 aromatic heterocycles. The first-order valence-corrected chi connectivity index (χ1v) is 8.75. The summed E-state index contributed by atoms with van der Waals surface area (Å²) in [6.45, 7) is -1.76. The van der Waals surface area contributed by atoms with E-state index in [1.54, 1.807) is 11.3 Å². The van der Waals surface area contributed by atoms with Crippen molar-refractivity contribution < 1.29 is 11.3 Å². The van der Waals surface area contributed by atoms with Crippen LogP contribution in [-0.2, 0) is 0 Å². The van der Waals surface area contributed by atoms with E-state index >= 15 is 0 Å². The minimum atomic E-state index is -2.42. The highest BCUT2D eigenvalue weighted by atomic mass is 32.1. The van der Waals surface area contributed by atoms with Crippen LogP contribution in [0.1, 0.15) is 22.9 Å². The maximum absolute atomic E-state index is 7.80. The van der Waals surface area contributed by atoms with Crippen LogP contribution in [0.2, 0.25) is 0 Å². The Balaban J connectivity index is 1.76. The van der Waals surface area contributed by atoms with Gasteiger partial charge in [-0.3, -0.25) is 4.98 Å². The molecule has 5 rings (SSSR count). The van der Waals surface area contributed by atoms with Gasteiger partial charge in [0.1, 0.15) is 11.2 Å². The first-order valence-electron chi connectivity index (χ1n) is 10.6. The Labute approximate surface area is 156 Å². The van der Waals surface area contributed by atoms with Crippen molar-refractivity contribution in [3.63, 3.8) is 0 Å². The Bertz CT molecular complexity index is 1430. The van der Waals surface area contributed by atoms with Gasteiger partial charge in [0.25, 0.3) is 0 Å². The number of aromatic nitrogens is 1. The third-order valence-electron chi connectivity index (χ3n) is 4.47. The van der Waals surface area contributed by atoms with Crippen LogP contribution < -0.4 is 0 Å². The molecule has 122 valence electrons. The number of benzene rings is 2. The monoisotopic (exact) mass is 348 g/mol. The lowest BCUT2D eigenvalue weighted by atomic mass is 10.0. The maximum atomic E-state index is 7.80. The van der Waals surface area contributed by atoms with Crippen molar-refractivity contribution in [3.05, 3.63) is 64.7 Å². The van der Waals surface area contributed by atoms with Crippen LogP contribution in [0.15, 0.2) is 53.1 Å². The molecule has 0 saturated carbocycles. The number of thiophene rings is 1. The summed E-state index contributed by atoms with van der Waals surface area (Å²) in [6, 6.07) is 13.6. The maximum Gasteiger partial charge on any atom is 0.144 e. The van der Waals surface area contributed by atoms with Gasteiger partial charge in [-0.1, -0.05) is 12.1 Å². The van der Waals surface area contributed by atoms with Crippen LogP contribution in [0.4, 0.5) is 0 Å². The average molecular weight is 348 g/mol. The van der Waals surface area contributed by atoms with Gasteiger partial charge in [-0.05, 0) is 67.5 Å². The standard InChI is InChI=1S/C22H17NOS/c1-12-7-19(23-11-13(12)2)17-6-4-5-16-18-10-21-15(8-14(3)25-21)9-20(18)24-22(16)17/h4-11H,1-3H3/i1D2,2D3. The third kappa shape index (κ3) is 2.19. The Morgan fingerprint density at radius 3 is 2.92 bits per heavy atom. The second-order valence-corrected chi connectivity index (χ2v) is 7.47. The number of rotatable bonds is 1. The molecule has 25 heavy (non-hydrogen) atoms. The third-order valence-corrected chi connectivity index (χ3v) is 5.48. The lowest BCUT2D eigenvalue weighted by molar-refractivity contribution is 0.670. The number of aryl methyl sites for hydroxylation is 3. The van der Waals surface area contributed by atoms with Crippen LogP contribution in [0.3, 0.4) is 0 Å². The number of furan rings is 1. The van der Waals surface area contributed by atoms with Crippen LogP contribution in [0.25, 0.3) is 43.3 Å². The molecule has 0 unspecified atom stereocenters. The van der Waals surface area contributed by atoms with Gasteiger partial charge in [-0.25, -0.2) is 0 Å². The van der Waals surface area contributed by atoms with Gasteiger partial charge in [0.15, 0.2) is 0 Å². The van der Waals surface area contributed by atoms with Crippen LogP contribution >= 0.6 is 11.3 Å². The van der Waals surface area contributed by atoms with Gasteiger partial charge in [-0.15, -0.1) is 11.3 Å².